The van der Waals surface area contributed by atoms with Crippen molar-refractivity contribution >= 4 is 5.91 Å². The van der Waals surface area contributed by atoms with Crippen molar-refractivity contribution in [3.63, 3.8) is 0 Å². The van der Waals surface area contributed by atoms with Crippen LogP contribution in [0.3, 0.4) is 0 Å². The number of hydrogen-bond donors (Lipinski definition) is 1. The molecule has 5 heteroatoms. The number of carbonyl (C=O) groups excluding carboxylic acids is 1. The molecule has 29 heavy (non-hydrogen) atoms. The van der Waals surface area contributed by atoms with Crippen LogP contribution in [0.25, 0.3) is 0 Å². The number of nitrogens with zero attached hydrogens (tertiary/aromatic N) is 2. The van der Waals surface area contributed by atoms with Crippen LogP contribution in [-0.2, 0) is 9.53 Å². The van der Waals surface area contributed by atoms with Crippen molar-refractivity contribution in [2.75, 3.05) is 39.4 Å². The van der Waals surface area contributed by atoms with Gasteiger partial charge in [0.2, 0.25) is 5.91 Å². The van der Waals surface area contributed by atoms with Crippen molar-refractivity contribution in [3.8, 4) is 0 Å². The molecule has 2 atom stereocenters. The van der Waals surface area contributed by atoms with Gasteiger partial charge in [0.1, 0.15) is 0 Å². The van der Waals surface area contributed by atoms with Crippen LogP contribution in [0.1, 0.15) is 64.2 Å². The Kier molecular flexibility index (Phi) is 4.92. The van der Waals surface area contributed by atoms with Gasteiger partial charge in [0.05, 0.1) is 6.54 Å². The van der Waals surface area contributed by atoms with Gasteiger partial charge in [0.25, 0.3) is 0 Å². The maximum Gasteiger partial charge on any atom is 0.234 e. The van der Waals surface area contributed by atoms with Crippen molar-refractivity contribution < 1.29 is 9.53 Å². The zero-order chi connectivity index (χ0) is 19.4. The van der Waals surface area contributed by atoms with E-state index in [1.807, 2.05) is 0 Å². The lowest BCUT2D eigenvalue weighted by Crippen LogP contribution is -2.69. The van der Waals surface area contributed by atoms with Gasteiger partial charge >= 0.3 is 0 Å². The molecule has 162 valence electrons. The molecule has 0 aromatic carbocycles. The van der Waals surface area contributed by atoms with E-state index < -0.39 is 0 Å². The third-order valence-corrected chi connectivity index (χ3v) is 9.37. The molecule has 4 aliphatic heterocycles. The van der Waals surface area contributed by atoms with Gasteiger partial charge in [-0.15, -0.1) is 0 Å². The van der Waals surface area contributed by atoms with Crippen LogP contribution < -0.4 is 5.32 Å². The van der Waals surface area contributed by atoms with Gasteiger partial charge in [-0.1, -0.05) is 0 Å². The first-order valence-electron chi connectivity index (χ1n) is 12.5. The number of amides is 1. The summed E-state index contributed by atoms with van der Waals surface area (Å²) in [6.45, 7) is 6.00. The molecule has 1 amide bonds. The van der Waals surface area contributed by atoms with Crippen molar-refractivity contribution in [1.82, 2.24) is 15.1 Å². The first kappa shape index (κ1) is 19.1. The van der Waals surface area contributed by atoms with Gasteiger partial charge in [0, 0.05) is 43.9 Å². The summed E-state index contributed by atoms with van der Waals surface area (Å²) in [7, 11) is 0. The number of nitrogens with one attached hydrogen (secondary N) is 1. The zero-order valence-corrected chi connectivity index (χ0v) is 18.0. The number of ether oxygens (including phenoxy) is 1. The highest BCUT2D eigenvalue weighted by molar-refractivity contribution is 5.79. The van der Waals surface area contributed by atoms with Crippen LogP contribution in [0.2, 0.25) is 0 Å². The van der Waals surface area contributed by atoms with E-state index in [-0.39, 0.29) is 5.54 Å². The van der Waals surface area contributed by atoms with Crippen LogP contribution in [0.15, 0.2) is 0 Å². The molecule has 4 saturated heterocycles. The highest BCUT2D eigenvalue weighted by Gasteiger charge is 2.52. The van der Waals surface area contributed by atoms with E-state index in [1.165, 1.54) is 70.8 Å². The zero-order valence-electron chi connectivity index (χ0n) is 18.0. The average molecular weight is 402 g/mol. The van der Waals surface area contributed by atoms with Gasteiger partial charge < -0.3 is 10.1 Å². The summed E-state index contributed by atoms with van der Waals surface area (Å²) >= 11 is 0. The highest BCUT2D eigenvalue weighted by atomic mass is 16.5. The molecule has 1 N–H and O–H groups in total. The number of fused-ring (bicyclic) bond motifs is 2. The second-order valence-corrected chi connectivity index (χ2v) is 11.6. The quantitative estimate of drug-likeness (QED) is 0.743. The van der Waals surface area contributed by atoms with E-state index >= 15 is 0 Å². The van der Waals surface area contributed by atoms with Crippen molar-refractivity contribution in [1.29, 1.82) is 0 Å². The largest absolute Gasteiger partial charge is 0.381 e. The summed E-state index contributed by atoms with van der Waals surface area (Å²) in [6.07, 6.45) is 13.3. The smallest absolute Gasteiger partial charge is 0.234 e. The van der Waals surface area contributed by atoms with E-state index in [9.17, 15) is 4.79 Å². The van der Waals surface area contributed by atoms with Crippen LogP contribution in [0.4, 0.5) is 0 Å². The maximum absolute atomic E-state index is 13.0. The van der Waals surface area contributed by atoms with Crippen molar-refractivity contribution in [3.05, 3.63) is 0 Å². The fourth-order valence-corrected chi connectivity index (χ4v) is 8.44. The second-order valence-electron chi connectivity index (χ2n) is 11.6. The van der Waals surface area contributed by atoms with Crippen molar-refractivity contribution in [2.24, 2.45) is 23.7 Å². The molecule has 8 rings (SSSR count). The molecular weight excluding hydrogens is 362 g/mol. The molecule has 0 spiro atoms. The number of rotatable bonds is 6. The fourth-order valence-electron chi connectivity index (χ4n) is 8.44. The molecule has 4 heterocycles. The van der Waals surface area contributed by atoms with Crippen molar-refractivity contribution in [2.45, 2.75) is 81.8 Å². The average Bonchev–Trinajstić information content (AvgIpc) is 2.67. The normalized spacial score (nSPS) is 44.6. The Morgan fingerprint density at radius 1 is 0.931 bits per heavy atom. The minimum absolute atomic E-state index is 0.167. The minimum atomic E-state index is 0.167. The monoisotopic (exact) mass is 401 g/mol. The fraction of sp³-hybridized carbons (Fsp3) is 0.958. The lowest BCUT2D eigenvalue weighted by molar-refractivity contribution is -0.132. The molecule has 6 bridgehead atoms. The summed E-state index contributed by atoms with van der Waals surface area (Å²) in [6, 6.07) is 1.39. The topological polar surface area (TPSA) is 44.8 Å². The Morgan fingerprint density at radius 3 is 2.17 bits per heavy atom. The van der Waals surface area contributed by atoms with Gasteiger partial charge in [-0.2, -0.15) is 0 Å². The predicted molar refractivity (Wildman–Crippen MR) is 113 cm³/mol. The van der Waals surface area contributed by atoms with E-state index in [4.69, 9.17) is 4.74 Å². The molecule has 0 aromatic heterocycles. The van der Waals surface area contributed by atoms with Crippen LogP contribution in [0.5, 0.6) is 0 Å². The van der Waals surface area contributed by atoms with Crippen LogP contribution in [-0.4, -0.2) is 72.7 Å². The molecule has 8 fully saturated rings. The minimum Gasteiger partial charge on any atom is -0.381 e. The lowest BCUT2D eigenvalue weighted by atomic mass is 9.53. The molecule has 0 radical (unpaired) electrons. The third kappa shape index (κ3) is 3.76. The first-order valence-corrected chi connectivity index (χ1v) is 12.5. The number of carbonyl (C=O) groups is 1. The second kappa shape index (κ2) is 7.49. The summed E-state index contributed by atoms with van der Waals surface area (Å²) in [5, 5.41) is 3.57. The van der Waals surface area contributed by atoms with Gasteiger partial charge in [-0.25, -0.2) is 0 Å². The van der Waals surface area contributed by atoms with E-state index in [0.717, 1.165) is 50.0 Å². The van der Waals surface area contributed by atoms with Crippen LogP contribution in [0, 0.1) is 23.7 Å². The van der Waals surface area contributed by atoms with Gasteiger partial charge in [-0.05, 0) is 94.4 Å². The summed E-state index contributed by atoms with van der Waals surface area (Å²) < 4.78 is 5.50. The Balaban J connectivity index is 0.974. The van der Waals surface area contributed by atoms with E-state index in [2.05, 4.69) is 15.1 Å². The molecule has 5 nitrogen and oxygen atoms in total. The molecular formula is C24H39N3O2. The Labute approximate surface area is 175 Å². The summed E-state index contributed by atoms with van der Waals surface area (Å²) in [5.41, 5.74) is 0.167. The molecule has 0 aromatic rings. The SMILES string of the molecule is O=C(CN1CC2CC(C1)N2CCC1CCOCC1)NC12CC3CC(CC(C3)C1)C2. The standard InChI is InChI=1S/C24H39N3O2/c28-23(25-24-11-18-7-19(12-24)9-20(8-18)13-24)16-26-14-21-10-22(15-26)27(21)4-1-17-2-5-29-6-3-17/h17-22H,1-16H2,(H,25,28). The number of piperidine rings is 1. The molecule has 8 aliphatic rings. The lowest BCUT2D eigenvalue weighted by Gasteiger charge is -2.58. The molecule has 4 aliphatic carbocycles. The Hall–Kier alpha value is -0.650. The van der Waals surface area contributed by atoms with Gasteiger partial charge in [0.15, 0.2) is 0 Å². The maximum atomic E-state index is 13.0. The molecule has 4 saturated carbocycles. The first-order chi connectivity index (χ1) is 14.1. The predicted octanol–water partition coefficient (Wildman–Crippen LogP) is 2.65. The number of hydrogen-bond acceptors (Lipinski definition) is 4. The summed E-state index contributed by atoms with van der Waals surface area (Å²) in [4.78, 5) is 18.1. The Bertz CT molecular complexity index is 584. The molecule has 2 unspecified atom stereocenters. The Morgan fingerprint density at radius 2 is 1.55 bits per heavy atom. The van der Waals surface area contributed by atoms with E-state index in [0.29, 0.717) is 24.5 Å². The highest BCUT2D eigenvalue weighted by Crippen LogP contribution is 2.55. The summed E-state index contributed by atoms with van der Waals surface area (Å²) in [5.74, 6) is 3.87. The van der Waals surface area contributed by atoms with E-state index in [1.54, 1.807) is 0 Å². The number of piperazine rings is 1. The van der Waals surface area contributed by atoms with Gasteiger partial charge in [-0.3, -0.25) is 14.6 Å². The van der Waals surface area contributed by atoms with Crippen LogP contribution >= 0.6 is 0 Å². The third-order valence-electron chi connectivity index (χ3n) is 9.37.